The molecule has 0 bridgehead atoms. The molecule has 84 valence electrons. The van der Waals surface area contributed by atoms with Crippen LogP contribution in [0.4, 0.5) is 0 Å². The molecule has 1 heterocycles. The van der Waals surface area contributed by atoms with E-state index in [2.05, 4.69) is 35.3 Å². The minimum Gasteiger partial charge on any atom is -0.326 e. The molecule has 1 aromatic heterocycles. The number of rotatable bonds is 3. The Morgan fingerprint density at radius 3 is 2.75 bits per heavy atom. The van der Waals surface area contributed by atoms with Crippen molar-refractivity contribution in [2.24, 2.45) is 5.73 Å². The predicted octanol–water partition coefficient (Wildman–Crippen LogP) is 2.76. The van der Waals surface area contributed by atoms with Crippen molar-refractivity contribution in [3.05, 3.63) is 34.3 Å². The molecule has 2 N–H and O–H groups in total. The molecule has 0 radical (unpaired) electrons. The molecule has 0 aliphatic carbocycles. The summed E-state index contributed by atoms with van der Waals surface area (Å²) in [4.78, 5) is 1.17. The van der Waals surface area contributed by atoms with E-state index in [1.54, 1.807) is 23.1 Å². The van der Waals surface area contributed by atoms with Crippen LogP contribution in [0.15, 0.2) is 27.4 Å². The van der Waals surface area contributed by atoms with Gasteiger partial charge in [0.15, 0.2) is 4.34 Å². The van der Waals surface area contributed by atoms with Gasteiger partial charge in [-0.1, -0.05) is 40.8 Å². The number of nitrogens with zero attached hydrogens (tertiary/aromatic N) is 2. The van der Waals surface area contributed by atoms with E-state index in [9.17, 15) is 0 Å². The van der Waals surface area contributed by atoms with E-state index < -0.39 is 0 Å². The average molecular weight is 251 g/mol. The zero-order valence-electron chi connectivity index (χ0n) is 9.23. The van der Waals surface area contributed by atoms with E-state index in [0.717, 1.165) is 14.9 Å². The summed E-state index contributed by atoms with van der Waals surface area (Å²) in [7, 11) is 0. The molecule has 2 aromatic rings. The molecule has 0 fully saturated rings. The van der Waals surface area contributed by atoms with Crippen LogP contribution >= 0.6 is 23.1 Å². The summed E-state index contributed by atoms with van der Waals surface area (Å²) in [5.41, 5.74) is 8.13. The van der Waals surface area contributed by atoms with Crippen LogP contribution in [0.25, 0.3) is 0 Å². The lowest BCUT2D eigenvalue weighted by Crippen LogP contribution is -1.98. The first-order valence-electron chi connectivity index (χ1n) is 4.96. The Hall–Kier alpha value is -0.910. The summed E-state index contributed by atoms with van der Waals surface area (Å²) >= 11 is 3.24. The van der Waals surface area contributed by atoms with Crippen molar-refractivity contribution in [1.29, 1.82) is 0 Å². The molecule has 16 heavy (non-hydrogen) atoms. The Labute approximate surface area is 103 Å². The van der Waals surface area contributed by atoms with Crippen LogP contribution in [0.2, 0.25) is 0 Å². The highest BCUT2D eigenvalue weighted by Gasteiger charge is 2.07. The SMILES string of the molecule is Cc1ccc(Sc2nnc(C)s2)c(CN)c1. The zero-order chi connectivity index (χ0) is 11.5. The van der Waals surface area contributed by atoms with Crippen LogP contribution in [0.3, 0.4) is 0 Å². The van der Waals surface area contributed by atoms with Crippen LogP contribution in [0, 0.1) is 13.8 Å². The Bertz CT molecular complexity index is 494. The molecule has 0 amide bonds. The number of aryl methyl sites for hydroxylation is 2. The molecule has 2 rings (SSSR count). The van der Waals surface area contributed by atoms with Crippen molar-refractivity contribution in [3.8, 4) is 0 Å². The Morgan fingerprint density at radius 2 is 2.12 bits per heavy atom. The second kappa shape index (κ2) is 4.95. The average Bonchev–Trinajstić information content (AvgIpc) is 2.67. The van der Waals surface area contributed by atoms with Crippen molar-refractivity contribution in [2.45, 2.75) is 29.6 Å². The summed E-state index contributed by atoms with van der Waals surface area (Å²) in [6.45, 7) is 4.59. The van der Waals surface area contributed by atoms with E-state index in [-0.39, 0.29) is 0 Å². The number of aromatic nitrogens is 2. The summed E-state index contributed by atoms with van der Waals surface area (Å²) in [6.07, 6.45) is 0. The monoisotopic (exact) mass is 251 g/mol. The highest BCUT2D eigenvalue weighted by atomic mass is 32.2. The lowest BCUT2D eigenvalue weighted by molar-refractivity contribution is 0.979. The minimum atomic E-state index is 0.557. The van der Waals surface area contributed by atoms with Gasteiger partial charge in [-0.05, 0) is 25.5 Å². The second-order valence-electron chi connectivity index (χ2n) is 3.50. The molecule has 1 aromatic carbocycles. The van der Waals surface area contributed by atoms with E-state index in [4.69, 9.17) is 5.73 Å². The standard InChI is InChI=1S/C11H13N3S2/c1-7-3-4-10(9(5-7)6-12)16-11-14-13-8(2)15-11/h3-5H,6,12H2,1-2H3. The van der Waals surface area contributed by atoms with Crippen molar-refractivity contribution in [1.82, 2.24) is 10.2 Å². The van der Waals surface area contributed by atoms with Gasteiger partial charge in [0.1, 0.15) is 5.01 Å². The summed E-state index contributed by atoms with van der Waals surface area (Å²) in [5.74, 6) is 0. The highest BCUT2D eigenvalue weighted by molar-refractivity contribution is 8.01. The van der Waals surface area contributed by atoms with Gasteiger partial charge in [0, 0.05) is 11.4 Å². The quantitative estimate of drug-likeness (QED) is 0.911. The summed E-state index contributed by atoms with van der Waals surface area (Å²) in [6, 6.07) is 6.31. The molecule has 3 nitrogen and oxygen atoms in total. The summed E-state index contributed by atoms with van der Waals surface area (Å²) in [5, 5.41) is 9.09. The zero-order valence-corrected chi connectivity index (χ0v) is 10.9. The fourth-order valence-corrected chi connectivity index (χ4v) is 3.27. The molecule has 0 saturated heterocycles. The molecule has 0 atom stereocenters. The first kappa shape index (κ1) is 11.6. The third kappa shape index (κ3) is 2.61. The Balaban J connectivity index is 2.27. The van der Waals surface area contributed by atoms with Gasteiger partial charge in [-0.25, -0.2) is 0 Å². The molecule has 0 aliphatic heterocycles. The number of nitrogens with two attached hydrogens (primary N) is 1. The third-order valence-electron chi connectivity index (χ3n) is 2.14. The maximum Gasteiger partial charge on any atom is 0.179 e. The van der Waals surface area contributed by atoms with Gasteiger partial charge in [0.25, 0.3) is 0 Å². The van der Waals surface area contributed by atoms with E-state index in [0.29, 0.717) is 6.54 Å². The van der Waals surface area contributed by atoms with Crippen molar-refractivity contribution < 1.29 is 0 Å². The lowest BCUT2D eigenvalue weighted by Gasteiger charge is -2.06. The normalized spacial score (nSPS) is 10.7. The van der Waals surface area contributed by atoms with Gasteiger partial charge in [0.2, 0.25) is 0 Å². The molecular formula is C11H13N3S2. The Morgan fingerprint density at radius 1 is 1.31 bits per heavy atom. The molecule has 0 saturated carbocycles. The largest absolute Gasteiger partial charge is 0.326 e. The van der Waals surface area contributed by atoms with Gasteiger partial charge in [-0.3, -0.25) is 0 Å². The van der Waals surface area contributed by atoms with Crippen LogP contribution in [0.5, 0.6) is 0 Å². The Kier molecular flexibility index (Phi) is 3.58. The van der Waals surface area contributed by atoms with Crippen LogP contribution < -0.4 is 5.73 Å². The number of benzene rings is 1. The van der Waals surface area contributed by atoms with Gasteiger partial charge in [0.05, 0.1) is 0 Å². The van der Waals surface area contributed by atoms with Crippen molar-refractivity contribution in [3.63, 3.8) is 0 Å². The molecule has 0 aliphatic rings. The van der Waals surface area contributed by atoms with Gasteiger partial charge >= 0.3 is 0 Å². The van der Waals surface area contributed by atoms with Crippen molar-refractivity contribution >= 4 is 23.1 Å². The molecular weight excluding hydrogens is 238 g/mol. The van der Waals surface area contributed by atoms with Gasteiger partial charge < -0.3 is 5.73 Å². The first-order chi connectivity index (χ1) is 7.69. The minimum absolute atomic E-state index is 0.557. The highest BCUT2D eigenvalue weighted by Crippen LogP contribution is 2.32. The maximum atomic E-state index is 5.73. The molecule has 5 heteroatoms. The third-order valence-corrected chi connectivity index (χ3v) is 4.15. The fraction of sp³-hybridized carbons (Fsp3) is 0.273. The van der Waals surface area contributed by atoms with Crippen molar-refractivity contribution in [2.75, 3.05) is 0 Å². The van der Waals surface area contributed by atoms with Gasteiger partial charge in [-0.15, -0.1) is 10.2 Å². The summed E-state index contributed by atoms with van der Waals surface area (Å²) < 4.78 is 0.969. The predicted molar refractivity (Wildman–Crippen MR) is 67.8 cm³/mol. The van der Waals surface area contributed by atoms with Crippen LogP contribution in [0.1, 0.15) is 16.1 Å². The molecule has 0 unspecified atom stereocenters. The van der Waals surface area contributed by atoms with E-state index in [1.807, 2.05) is 6.92 Å². The number of hydrogen-bond acceptors (Lipinski definition) is 5. The fourth-order valence-electron chi connectivity index (χ4n) is 1.38. The lowest BCUT2D eigenvalue weighted by atomic mass is 10.1. The van der Waals surface area contributed by atoms with Crippen LogP contribution in [-0.4, -0.2) is 10.2 Å². The number of hydrogen-bond donors (Lipinski definition) is 1. The van der Waals surface area contributed by atoms with Gasteiger partial charge in [-0.2, -0.15) is 0 Å². The molecule has 0 spiro atoms. The maximum absolute atomic E-state index is 5.73. The van der Waals surface area contributed by atoms with Crippen LogP contribution in [-0.2, 0) is 6.54 Å². The first-order valence-corrected chi connectivity index (χ1v) is 6.60. The smallest absolute Gasteiger partial charge is 0.179 e. The van der Waals surface area contributed by atoms with E-state index >= 15 is 0 Å². The second-order valence-corrected chi connectivity index (χ2v) is 5.98. The topological polar surface area (TPSA) is 51.8 Å². The van der Waals surface area contributed by atoms with E-state index in [1.165, 1.54) is 10.5 Å².